The highest BCUT2D eigenvalue weighted by Crippen LogP contribution is 2.20. The predicted octanol–water partition coefficient (Wildman–Crippen LogP) is 2.46. The van der Waals surface area contributed by atoms with Crippen LogP contribution in [0.4, 0.5) is 4.39 Å². The summed E-state index contributed by atoms with van der Waals surface area (Å²) in [6.45, 7) is 1.44. The molecule has 0 saturated carbocycles. The fraction of sp³-hybridized carbons (Fsp3) is 0.462. The van der Waals surface area contributed by atoms with E-state index in [0.29, 0.717) is 5.75 Å². The second kappa shape index (κ2) is 5.17. The summed E-state index contributed by atoms with van der Waals surface area (Å²) in [6.07, 6.45) is 3.14. The first-order valence-electron chi connectivity index (χ1n) is 5.85. The molecular formula is C13H16FNO2. The molecule has 0 unspecified atom stereocenters. The molecule has 0 N–H and O–H groups in total. The summed E-state index contributed by atoms with van der Waals surface area (Å²) in [5.74, 6) is -0.214. The Morgan fingerprint density at radius 2 is 2.00 bits per heavy atom. The molecule has 0 aromatic heterocycles. The van der Waals surface area contributed by atoms with Gasteiger partial charge >= 0.3 is 0 Å². The van der Waals surface area contributed by atoms with Crippen molar-refractivity contribution in [1.82, 2.24) is 4.90 Å². The molecule has 1 aliphatic heterocycles. The molecule has 92 valence electrons. The SMILES string of the molecule is COc1ccc(F)c(C(=O)N2CCCCC2)c1. The van der Waals surface area contributed by atoms with Crippen LogP contribution in [0.2, 0.25) is 0 Å². The Morgan fingerprint density at radius 1 is 1.29 bits per heavy atom. The van der Waals surface area contributed by atoms with Gasteiger partial charge in [0.25, 0.3) is 5.91 Å². The molecule has 1 amide bonds. The zero-order valence-electron chi connectivity index (χ0n) is 9.91. The number of piperidine rings is 1. The molecule has 0 aliphatic carbocycles. The number of halogens is 1. The van der Waals surface area contributed by atoms with E-state index in [-0.39, 0.29) is 11.5 Å². The number of rotatable bonds is 2. The lowest BCUT2D eigenvalue weighted by atomic mass is 10.1. The number of methoxy groups -OCH3 is 1. The van der Waals surface area contributed by atoms with Crippen LogP contribution in [0.25, 0.3) is 0 Å². The maximum atomic E-state index is 13.6. The molecule has 0 spiro atoms. The molecule has 1 fully saturated rings. The van der Waals surface area contributed by atoms with E-state index in [0.717, 1.165) is 32.4 Å². The molecule has 1 aliphatic rings. The number of carbonyl (C=O) groups is 1. The number of ether oxygens (including phenoxy) is 1. The van der Waals surface area contributed by atoms with Crippen molar-refractivity contribution < 1.29 is 13.9 Å². The van der Waals surface area contributed by atoms with E-state index < -0.39 is 5.82 Å². The monoisotopic (exact) mass is 237 g/mol. The molecular weight excluding hydrogens is 221 g/mol. The van der Waals surface area contributed by atoms with Gasteiger partial charge in [0.2, 0.25) is 0 Å². The third-order valence-electron chi connectivity index (χ3n) is 3.05. The number of amides is 1. The number of benzene rings is 1. The van der Waals surface area contributed by atoms with Gasteiger partial charge in [-0.3, -0.25) is 4.79 Å². The Balaban J connectivity index is 2.22. The highest BCUT2D eigenvalue weighted by molar-refractivity contribution is 5.95. The molecule has 1 heterocycles. The lowest BCUT2D eigenvalue weighted by Crippen LogP contribution is -2.36. The van der Waals surface area contributed by atoms with Crippen molar-refractivity contribution in [3.63, 3.8) is 0 Å². The normalized spacial score (nSPS) is 15.8. The Bertz CT molecular complexity index is 414. The number of hydrogen-bond acceptors (Lipinski definition) is 2. The Kier molecular flexibility index (Phi) is 3.61. The Labute approximate surface area is 100 Å². The summed E-state index contributed by atoms with van der Waals surface area (Å²) in [5, 5.41) is 0. The molecule has 3 nitrogen and oxygen atoms in total. The van der Waals surface area contributed by atoms with Crippen molar-refractivity contribution >= 4 is 5.91 Å². The van der Waals surface area contributed by atoms with Crippen molar-refractivity contribution in [3.05, 3.63) is 29.6 Å². The summed E-state index contributed by atoms with van der Waals surface area (Å²) in [4.78, 5) is 13.8. The molecule has 0 atom stereocenters. The maximum absolute atomic E-state index is 13.6. The predicted molar refractivity (Wildman–Crippen MR) is 62.7 cm³/mol. The highest BCUT2D eigenvalue weighted by atomic mass is 19.1. The van der Waals surface area contributed by atoms with E-state index in [1.807, 2.05) is 0 Å². The lowest BCUT2D eigenvalue weighted by Gasteiger charge is -2.26. The number of nitrogens with zero attached hydrogens (tertiary/aromatic N) is 1. The van der Waals surface area contributed by atoms with Gasteiger partial charge in [-0.05, 0) is 37.5 Å². The van der Waals surface area contributed by atoms with Crippen LogP contribution in [0.3, 0.4) is 0 Å². The smallest absolute Gasteiger partial charge is 0.256 e. The molecule has 4 heteroatoms. The zero-order valence-corrected chi connectivity index (χ0v) is 9.91. The molecule has 0 radical (unpaired) electrons. The van der Waals surface area contributed by atoms with Crippen molar-refractivity contribution in [2.75, 3.05) is 20.2 Å². The van der Waals surface area contributed by atoms with Gasteiger partial charge in [-0.2, -0.15) is 0 Å². The van der Waals surface area contributed by atoms with Crippen LogP contribution in [0, 0.1) is 5.82 Å². The first kappa shape index (κ1) is 11.9. The minimum Gasteiger partial charge on any atom is -0.497 e. The summed E-state index contributed by atoms with van der Waals surface area (Å²) < 4.78 is 18.6. The van der Waals surface area contributed by atoms with Crippen LogP contribution >= 0.6 is 0 Å². The van der Waals surface area contributed by atoms with Crippen LogP contribution in [-0.4, -0.2) is 31.0 Å². The molecule has 17 heavy (non-hydrogen) atoms. The lowest BCUT2D eigenvalue weighted by molar-refractivity contribution is 0.0719. The van der Waals surface area contributed by atoms with E-state index >= 15 is 0 Å². The first-order chi connectivity index (χ1) is 8.22. The van der Waals surface area contributed by atoms with Gasteiger partial charge in [0, 0.05) is 13.1 Å². The summed E-state index contributed by atoms with van der Waals surface area (Å²) in [7, 11) is 1.50. The highest BCUT2D eigenvalue weighted by Gasteiger charge is 2.21. The van der Waals surface area contributed by atoms with E-state index in [1.165, 1.54) is 25.3 Å². The minimum atomic E-state index is -0.485. The van der Waals surface area contributed by atoms with Gasteiger partial charge in [0.05, 0.1) is 12.7 Å². The van der Waals surface area contributed by atoms with Crippen molar-refractivity contribution in [3.8, 4) is 5.75 Å². The number of likely N-dealkylation sites (tertiary alicyclic amines) is 1. The molecule has 1 saturated heterocycles. The van der Waals surface area contributed by atoms with Gasteiger partial charge in [0.1, 0.15) is 11.6 Å². The standard InChI is InChI=1S/C13H16FNO2/c1-17-10-5-6-12(14)11(9-10)13(16)15-7-3-2-4-8-15/h5-6,9H,2-4,7-8H2,1H3. The summed E-state index contributed by atoms with van der Waals surface area (Å²) in [6, 6.07) is 4.25. The summed E-state index contributed by atoms with van der Waals surface area (Å²) in [5.41, 5.74) is 0.103. The van der Waals surface area contributed by atoms with E-state index in [9.17, 15) is 9.18 Å². The first-order valence-corrected chi connectivity index (χ1v) is 5.85. The van der Waals surface area contributed by atoms with Crippen LogP contribution < -0.4 is 4.74 Å². The van der Waals surface area contributed by atoms with Crippen molar-refractivity contribution in [2.45, 2.75) is 19.3 Å². The van der Waals surface area contributed by atoms with Crippen LogP contribution in [0.5, 0.6) is 5.75 Å². The van der Waals surface area contributed by atoms with Gasteiger partial charge < -0.3 is 9.64 Å². The molecule has 1 aromatic rings. The Hall–Kier alpha value is -1.58. The molecule has 0 bridgehead atoms. The zero-order chi connectivity index (χ0) is 12.3. The quantitative estimate of drug-likeness (QED) is 0.790. The second-order valence-electron chi connectivity index (χ2n) is 4.20. The summed E-state index contributed by atoms with van der Waals surface area (Å²) >= 11 is 0. The van der Waals surface area contributed by atoms with Crippen molar-refractivity contribution in [2.24, 2.45) is 0 Å². The van der Waals surface area contributed by atoms with E-state index in [2.05, 4.69) is 0 Å². The van der Waals surface area contributed by atoms with Gasteiger partial charge in [0.15, 0.2) is 0 Å². The Morgan fingerprint density at radius 3 is 2.65 bits per heavy atom. The van der Waals surface area contributed by atoms with E-state index in [4.69, 9.17) is 4.74 Å². The third kappa shape index (κ3) is 2.57. The van der Waals surface area contributed by atoms with Gasteiger partial charge in [-0.1, -0.05) is 0 Å². The molecule has 1 aromatic carbocycles. The average Bonchev–Trinajstić information content (AvgIpc) is 2.39. The largest absolute Gasteiger partial charge is 0.497 e. The maximum Gasteiger partial charge on any atom is 0.256 e. The van der Waals surface area contributed by atoms with Gasteiger partial charge in [-0.15, -0.1) is 0 Å². The molecule has 2 rings (SSSR count). The topological polar surface area (TPSA) is 29.5 Å². The fourth-order valence-electron chi connectivity index (χ4n) is 2.06. The average molecular weight is 237 g/mol. The fourth-order valence-corrected chi connectivity index (χ4v) is 2.06. The van der Waals surface area contributed by atoms with Crippen LogP contribution in [-0.2, 0) is 0 Å². The van der Waals surface area contributed by atoms with Gasteiger partial charge in [-0.25, -0.2) is 4.39 Å². The number of hydrogen-bond donors (Lipinski definition) is 0. The third-order valence-corrected chi connectivity index (χ3v) is 3.05. The van der Waals surface area contributed by atoms with Crippen LogP contribution in [0.1, 0.15) is 29.6 Å². The van der Waals surface area contributed by atoms with Crippen LogP contribution in [0.15, 0.2) is 18.2 Å². The van der Waals surface area contributed by atoms with E-state index in [1.54, 1.807) is 4.90 Å². The van der Waals surface area contributed by atoms with Crippen molar-refractivity contribution in [1.29, 1.82) is 0 Å². The second-order valence-corrected chi connectivity index (χ2v) is 4.20. The minimum absolute atomic E-state index is 0.103. The number of carbonyl (C=O) groups excluding carboxylic acids is 1.